The molecule has 3 rings (SSSR count). The maximum atomic E-state index is 12.8. The lowest BCUT2D eigenvalue weighted by Gasteiger charge is -2.16. The summed E-state index contributed by atoms with van der Waals surface area (Å²) >= 11 is 0. The van der Waals surface area contributed by atoms with Crippen LogP contribution in [0, 0.1) is 5.92 Å². The molecule has 144 valence electrons. The minimum absolute atomic E-state index is 0.0912. The molecule has 0 radical (unpaired) electrons. The second-order valence-corrected chi connectivity index (χ2v) is 7.69. The van der Waals surface area contributed by atoms with E-state index >= 15 is 0 Å². The molecule has 0 aromatic carbocycles. The Morgan fingerprint density at radius 1 is 1.19 bits per heavy atom. The molecule has 1 atom stereocenters. The normalized spacial score (nSPS) is 12.9. The maximum Gasteiger partial charge on any atom is 0.272 e. The first kappa shape index (κ1) is 19.2. The van der Waals surface area contributed by atoms with E-state index in [0.29, 0.717) is 11.6 Å². The Bertz CT molecular complexity index is 922. The third kappa shape index (κ3) is 4.22. The zero-order chi connectivity index (χ0) is 19.6. The lowest BCUT2D eigenvalue weighted by atomic mass is 10.1. The maximum absolute atomic E-state index is 12.8. The highest BCUT2D eigenvalue weighted by molar-refractivity contribution is 6.00. The Labute approximate surface area is 160 Å². The third-order valence-electron chi connectivity index (χ3n) is 4.94. The van der Waals surface area contributed by atoms with E-state index in [9.17, 15) is 4.79 Å². The van der Waals surface area contributed by atoms with Crippen molar-refractivity contribution in [3.63, 3.8) is 0 Å². The van der Waals surface area contributed by atoms with E-state index in [1.807, 2.05) is 35.7 Å². The molecule has 6 heteroatoms. The van der Waals surface area contributed by atoms with Crippen LogP contribution in [0.15, 0.2) is 42.9 Å². The highest BCUT2D eigenvalue weighted by atomic mass is 16.2. The third-order valence-corrected chi connectivity index (χ3v) is 4.94. The van der Waals surface area contributed by atoms with Crippen LogP contribution < -0.4 is 5.32 Å². The number of hydrogen-bond donors (Lipinski definition) is 1. The van der Waals surface area contributed by atoms with Crippen molar-refractivity contribution in [3.8, 4) is 11.4 Å². The Balaban J connectivity index is 1.94. The topological polar surface area (TPSA) is 54.6 Å². The van der Waals surface area contributed by atoms with Gasteiger partial charge in [0, 0.05) is 43.3 Å². The van der Waals surface area contributed by atoms with Crippen molar-refractivity contribution in [3.05, 3.63) is 48.5 Å². The van der Waals surface area contributed by atoms with Crippen LogP contribution in [0.1, 0.15) is 31.3 Å². The number of rotatable bonds is 7. The summed E-state index contributed by atoms with van der Waals surface area (Å²) in [5.41, 5.74) is 2.30. The number of nitrogens with one attached hydrogen (secondary N) is 1. The Kier molecular flexibility index (Phi) is 5.65. The Morgan fingerprint density at radius 2 is 1.96 bits per heavy atom. The first-order valence-electron chi connectivity index (χ1n) is 9.45. The fraction of sp³-hybridized carbons (Fsp3) is 0.429. The van der Waals surface area contributed by atoms with Gasteiger partial charge in [0.15, 0.2) is 5.69 Å². The molecule has 0 bridgehead atoms. The molecule has 3 aromatic rings. The summed E-state index contributed by atoms with van der Waals surface area (Å²) in [5, 5.41) is 3.07. The van der Waals surface area contributed by atoms with E-state index in [2.05, 4.69) is 61.2 Å². The quantitative estimate of drug-likeness (QED) is 0.698. The van der Waals surface area contributed by atoms with Crippen LogP contribution in [0.25, 0.3) is 16.9 Å². The van der Waals surface area contributed by atoms with E-state index in [1.54, 1.807) is 0 Å². The zero-order valence-electron chi connectivity index (χ0n) is 16.8. The first-order chi connectivity index (χ1) is 12.9. The Morgan fingerprint density at radius 3 is 2.67 bits per heavy atom. The molecule has 0 saturated heterocycles. The number of pyridine rings is 1. The number of imidazole rings is 1. The molecule has 27 heavy (non-hydrogen) atoms. The average molecular weight is 367 g/mol. The van der Waals surface area contributed by atoms with Gasteiger partial charge in [-0.2, -0.15) is 0 Å². The predicted molar refractivity (Wildman–Crippen MR) is 109 cm³/mol. The number of hydrogen-bond acceptors (Lipinski definition) is 3. The van der Waals surface area contributed by atoms with Crippen LogP contribution in [-0.4, -0.2) is 51.4 Å². The van der Waals surface area contributed by atoms with Gasteiger partial charge in [0.1, 0.15) is 5.82 Å². The summed E-state index contributed by atoms with van der Waals surface area (Å²) in [6.45, 7) is 8.09. The molecule has 6 nitrogen and oxygen atoms in total. The van der Waals surface area contributed by atoms with Gasteiger partial charge >= 0.3 is 0 Å². The minimum atomic E-state index is -0.127. The zero-order valence-corrected chi connectivity index (χ0v) is 16.8. The van der Waals surface area contributed by atoms with E-state index in [0.717, 1.165) is 30.0 Å². The van der Waals surface area contributed by atoms with E-state index < -0.39 is 0 Å². The molecular weight excluding hydrogens is 338 g/mol. The summed E-state index contributed by atoms with van der Waals surface area (Å²) in [7, 11) is 4.13. The fourth-order valence-corrected chi connectivity index (χ4v) is 2.88. The number of amides is 1. The summed E-state index contributed by atoms with van der Waals surface area (Å²) in [4.78, 5) is 19.7. The SMILES string of the molecule is CC(C)[C@H](C)NC(=O)c1nc(-c2ccn(CCN(C)C)c2)n2ccccc12. The molecule has 1 amide bonds. The van der Waals surface area contributed by atoms with Gasteiger partial charge in [0.25, 0.3) is 5.91 Å². The van der Waals surface area contributed by atoms with Gasteiger partial charge < -0.3 is 14.8 Å². The lowest BCUT2D eigenvalue weighted by molar-refractivity contribution is 0.0927. The minimum Gasteiger partial charge on any atom is -0.352 e. The fourth-order valence-electron chi connectivity index (χ4n) is 2.88. The molecule has 3 heterocycles. The molecule has 0 aliphatic carbocycles. The van der Waals surface area contributed by atoms with Crippen LogP contribution in [-0.2, 0) is 6.54 Å². The van der Waals surface area contributed by atoms with Gasteiger partial charge in [-0.15, -0.1) is 0 Å². The number of nitrogens with zero attached hydrogens (tertiary/aromatic N) is 4. The monoisotopic (exact) mass is 367 g/mol. The molecule has 0 unspecified atom stereocenters. The van der Waals surface area contributed by atoms with Crippen LogP contribution >= 0.6 is 0 Å². The van der Waals surface area contributed by atoms with E-state index in [-0.39, 0.29) is 11.9 Å². The van der Waals surface area contributed by atoms with Crippen molar-refractivity contribution in [2.75, 3.05) is 20.6 Å². The molecule has 1 N–H and O–H groups in total. The first-order valence-corrected chi connectivity index (χ1v) is 9.45. The van der Waals surface area contributed by atoms with Crippen molar-refractivity contribution in [2.45, 2.75) is 33.4 Å². The highest BCUT2D eigenvalue weighted by Gasteiger charge is 2.20. The van der Waals surface area contributed by atoms with Crippen LogP contribution in [0.2, 0.25) is 0 Å². The number of aromatic nitrogens is 3. The lowest BCUT2D eigenvalue weighted by Crippen LogP contribution is -2.36. The Hall–Kier alpha value is -2.60. The molecule has 0 aliphatic rings. The molecule has 0 fully saturated rings. The van der Waals surface area contributed by atoms with Crippen molar-refractivity contribution in [1.29, 1.82) is 0 Å². The molecule has 0 spiro atoms. The smallest absolute Gasteiger partial charge is 0.272 e. The number of likely N-dealkylation sites (N-methyl/N-ethyl adjacent to an activating group) is 1. The van der Waals surface area contributed by atoms with Crippen LogP contribution in [0.4, 0.5) is 0 Å². The summed E-state index contributed by atoms with van der Waals surface area (Å²) in [5.74, 6) is 1.03. The molecule has 0 aliphatic heterocycles. The second-order valence-electron chi connectivity index (χ2n) is 7.69. The highest BCUT2D eigenvalue weighted by Crippen LogP contribution is 2.23. The van der Waals surface area contributed by atoms with Crippen molar-refractivity contribution < 1.29 is 4.79 Å². The van der Waals surface area contributed by atoms with E-state index in [1.165, 1.54) is 0 Å². The van der Waals surface area contributed by atoms with Crippen molar-refractivity contribution >= 4 is 11.4 Å². The van der Waals surface area contributed by atoms with Crippen molar-refractivity contribution in [2.24, 2.45) is 5.92 Å². The van der Waals surface area contributed by atoms with Crippen molar-refractivity contribution in [1.82, 2.24) is 24.2 Å². The van der Waals surface area contributed by atoms with Crippen LogP contribution in [0.3, 0.4) is 0 Å². The summed E-state index contributed by atoms with van der Waals surface area (Å²) in [6.07, 6.45) is 6.10. The van der Waals surface area contributed by atoms with Gasteiger partial charge in [-0.05, 0) is 45.1 Å². The van der Waals surface area contributed by atoms with Crippen LogP contribution in [0.5, 0.6) is 0 Å². The number of carbonyl (C=O) groups is 1. The number of fused-ring (bicyclic) bond motifs is 1. The predicted octanol–water partition coefficient (Wildman–Crippen LogP) is 3.14. The second kappa shape index (κ2) is 7.96. The number of carbonyl (C=O) groups excluding carboxylic acids is 1. The van der Waals surface area contributed by atoms with Gasteiger partial charge in [-0.3, -0.25) is 9.20 Å². The standard InChI is InChI=1S/C21H29N5O/c1-15(2)16(3)22-21(27)19-18-8-6-7-10-26(18)20(23-19)17-9-11-25(14-17)13-12-24(4)5/h6-11,14-16H,12-13H2,1-5H3,(H,22,27)/t16-/m0/s1. The van der Waals surface area contributed by atoms with E-state index in [4.69, 9.17) is 4.98 Å². The van der Waals surface area contributed by atoms with Gasteiger partial charge in [0.2, 0.25) is 0 Å². The molecule has 0 saturated carbocycles. The van der Waals surface area contributed by atoms with Gasteiger partial charge in [-0.1, -0.05) is 19.9 Å². The van der Waals surface area contributed by atoms with Gasteiger partial charge in [0.05, 0.1) is 5.52 Å². The average Bonchev–Trinajstić information content (AvgIpc) is 3.24. The largest absolute Gasteiger partial charge is 0.352 e. The molecular formula is C21H29N5O. The van der Waals surface area contributed by atoms with Gasteiger partial charge in [-0.25, -0.2) is 4.98 Å². The summed E-state index contributed by atoms with van der Waals surface area (Å²) in [6, 6.07) is 7.98. The summed E-state index contributed by atoms with van der Waals surface area (Å²) < 4.78 is 4.14. The molecule has 3 aromatic heterocycles.